The first kappa shape index (κ1) is 28.9. The van der Waals surface area contributed by atoms with Crippen molar-refractivity contribution in [3.8, 4) is 0 Å². The van der Waals surface area contributed by atoms with Crippen LogP contribution in [0.2, 0.25) is 0 Å². The van der Waals surface area contributed by atoms with E-state index < -0.39 is 33.8 Å². The van der Waals surface area contributed by atoms with Gasteiger partial charge in [0, 0.05) is 47.5 Å². The molecule has 218 valence electrons. The predicted molar refractivity (Wildman–Crippen MR) is 155 cm³/mol. The van der Waals surface area contributed by atoms with Crippen LogP contribution in [0.1, 0.15) is 99.1 Å². The third-order valence-electron chi connectivity index (χ3n) is 7.16. The molecule has 41 heavy (non-hydrogen) atoms. The maximum absolute atomic E-state index is 13.7. The molecule has 0 saturated heterocycles. The molecule has 3 N–H and O–H groups in total. The first-order valence-electron chi connectivity index (χ1n) is 14.0. The Morgan fingerprint density at radius 2 is 1.83 bits per heavy atom. The Morgan fingerprint density at radius 1 is 1.07 bits per heavy atom. The normalized spacial score (nSPS) is 18.8. The molecule has 0 spiro atoms. The molecule has 11 heteroatoms. The molecule has 3 aromatic rings. The Morgan fingerprint density at radius 3 is 2.46 bits per heavy atom. The number of carbonyl (C=O) groups is 2. The van der Waals surface area contributed by atoms with Crippen molar-refractivity contribution in [1.82, 2.24) is 25.3 Å². The Balaban J connectivity index is 1.64. The zero-order valence-electron chi connectivity index (χ0n) is 24.0. The third-order valence-corrected chi connectivity index (χ3v) is 8.62. The minimum atomic E-state index is -3.91. The number of benzene rings is 1. The van der Waals surface area contributed by atoms with Crippen LogP contribution < -0.4 is 15.4 Å². The minimum Gasteiger partial charge on any atom is -0.444 e. The molecule has 2 atom stereocenters. The van der Waals surface area contributed by atoms with Gasteiger partial charge in [0.1, 0.15) is 5.60 Å². The smallest absolute Gasteiger partial charge is 0.408 e. The number of carbonyl (C=O) groups excluding carboxylic acids is 2. The molecule has 1 saturated carbocycles. The van der Waals surface area contributed by atoms with E-state index in [0.29, 0.717) is 34.2 Å². The summed E-state index contributed by atoms with van der Waals surface area (Å²) in [5.74, 6) is 0.0775. The average molecular weight is 580 g/mol. The molecule has 2 aliphatic carbocycles. The van der Waals surface area contributed by atoms with E-state index >= 15 is 0 Å². The lowest BCUT2D eigenvalue weighted by Gasteiger charge is -2.23. The summed E-state index contributed by atoms with van der Waals surface area (Å²) in [5.41, 5.74) is 1.86. The predicted octanol–water partition coefficient (Wildman–Crippen LogP) is 4.88. The molecule has 1 aromatic carbocycles. The lowest BCUT2D eigenvalue weighted by atomic mass is 9.98. The van der Waals surface area contributed by atoms with Gasteiger partial charge in [-0.1, -0.05) is 13.8 Å². The highest BCUT2D eigenvalue weighted by Gasteiger charge is 2.38. The molecule has 0 aliphatic heterocycles. The molecule has 2 aliphatic rings. The van der Waals surface area contributed by atoms with Gasteiger partial charge in [-0.15, -0.1) is 0 Å². The van der Waals surface area contributed by atoms with Crippen LogP contribution in [-0.4, -0.2) is 42.5 Å². The average Bonchev–Trinajstić information content (AvgIpc) is 3.70. The van der Waals surface area contributed by atoms with Crippen molar-refractivity contribution < 1.29 is 22.7 Å². The number of fused-ring (bicyclic) bond motifs is 3. The van der Waals surface area contributed by atoms with Crippen LogP contribution in [0, 0.1) is 5.92 Å². The van der Waals surface area contributed by atoms with Crippen molar-refractivity contribution in [3.63, 3.8) is 0 Å². The molecule has 2 aromatic heterocycles. The van der Waals surface area contributed by atoms with Crippen LogP contribution in [0.25, 0.3) is 10.8 Å². The van der Waals surface area contributed by atoms with Gasteiger partial charge in [-0.2, -0.15) is 0 Å². The summed E-state index contributed by atoms with van der Waals surface area (Å²) in [6, 6.07) is 5.71. The first-order chi connectivity index (χ1) is 19.3. The van der Waals surface area contributed by atoms with Crippen LogP contribution >= 0.6 is 0 Å². The summed E-state index contributed by atoms with van der Waals surface area (Å²) in [5, 5.41) is 7.16. The number of aromatic nitrogens is 2. The van der Waals surface area contributed by atoms with Gasteiger partial charge in [0.25, 0.3) is 5.91 Å². The van der Waals surface area contributed by atoms with Gasteiger partial charge in [-0.05, 0) is 81.3 Å². The second-order valence-corrected chi connectivity index (χ2v) is 14.0. The standard InChI is InChI=1S/C30H37N5O5S/c1-17(2)14-33-41(38,39)26-12-21-24(34-28(36)19-7-6-10-31-15-19)13-25(35-29(37)40-30(3,4)5)27(21)22-16-32-23(11-20(22)26)18-8-9-18/h6-7,10-12,15-18,24-25,33H,8-9,13-14H2,1-5H3,(H,34,36)(H,35,37)/t24-,25-/m1/s1. The maximum Gasteiger partial charge on any atom is 0.408 e. The number of ether oxygens (including phenoxy) is 1. The highest BCUT2D eigenvalue weighted by atomic mass is 32.2. The molecule has 0 unspecified atom stereocenters. The minimum absolute atomic E-state index is 0.114. The lowest BCUT2D eigenvalue weighted by molar-refractivity contribution is 0.0502. The van der Waals surface area contributed by atoms with E-state index in [2.05, 4.69) is 20.3 Å². The molecular formula is C30H37N5O5S. The van der Waals surface area contributed by atoms with Crippen molar-refractivity contribution in [1.29, 1.82) is 0 Å². The number of hydrogen-bond donors (Lipinski definition) is 3. The summed E-state index contributed by atoms with van der Waals surface area (Å²) in [6.45, 7) is 9.51. The maximum atomic E-state index is 13.7. The largest absolute Gasteiger partial charge is 0.444 e. The number of amides is 2. The number of pyridine rings is 2. The third kappa shape index (κ3) is 6.51. The second kappa shape index (κ2) is 11.0. The van der Waals surface area contributed by atoms with E-state index in [0.717, 1.165) is 24.1 Å². The molecule has 2 amide bonds. The van der Waals surface area contributed by atoms with Crippen LogP contribution in [0.4, 0.5) is 4.79 Å². The summed E-state index contributed by atoms with van der Waals surface area (Å²) in [6.07, 6.45) is 6.50. The first-order valence-corrected chi connectivity index (χ1v) is 15.5. The monoisotopic (exact) mass is 579 g/mol. The summed E-state index contributed by atoms with van der Waals surface area (Å²) >= 11 is 0. The second-order valence-electron chi connectivity index (χ2n) is 12.3. The lowest BCUT2D eigenvalue weighted by Crippen LogP contribution is -2.35. The number of hydrogen-bond acceptors (Lipinski definition) is 7. The van der Waals surface area contributed by atoms with E-state index in [-0.39, 0.29) is 23.3 Å². The van der Waals surface area contributed by atoms with E-state index in [1.807, 2.05) is 19.9 Å². The number of nitrogens with one attached hydrogen (secondary N) is 3. The summed E-state index contributed by atoms with van der Waals surface area (Å²) < 4.78 is 35.7. The zero-order valence-corrected chi connectivity index (χ0v) is 24.8. The van der Waals surface area contributed by atoms with Crippen LogP contribution in [0.3, 0.4) is 0 Å². The Labute approximate surface area is 240 Å². The Bertz CT molecular complexity index is 1580. The van der Waals surface area contributed by atoms with Crippen molar-refractivity contribution in [2.45, 2.75) is 82.4 Å². The van der Waals surface area contributed by atoms with Crippen molar-refractivity contribution >= 4 is 32.8 Å². The molecule has 0 bridgehead atoms. The quantitative estimate of drug-likeness (QED) is 0.346. The highest BCUT2D eigenvalue weighted by molar-refractivity contribution is 7.89. The SMILES string of the molecule is CC(C)CNS(=O)(=O)c1cc2c(c3cnc(C4CC4)cc13)[C@H](NC(=O)OC(C)(C)C)C[C@H]2NC(=O)c1cccnc1. The fraction of sp³-hybridized carbons (Fsp3) is 0.467. The molecule has 1 fully saturated rings. The Kier molecular flexibility index (Phi) is 7.78. The number of sulfonamides is 1. The number of nitrogens with zero attached hydrogens (tertiary/aromatic N) is 2. The van der Waals surface area contributed by atoms with Crippen molar-refractivity contribution in [2.75, 3.05) is 6.54 Å². The van der Waals surface area contributed by atoms with E-state index in [4.69, 9.17) is 9.72 Å². The fourth-order valence-corrected chi connectivity index (χ4v) is 6.58. The molecule has 2 heterocycles. The van der Waals surface area contributed by atoms with Gasteiger partial charge in [-0.25, -0.2) is 17.9 Å². The van der Waals surface area contributed by atoms with Gasteiger partial charge >= 0.3 is 6.09 Å². The van der Waals surface area contributed by atoms with Gasteiger partial charge in [0.05, 0.1) is 22.5 Å². The Hall–Kier alpha value is -3.57. The van der Waals surface area contributed by atoms with Gasteiger partial charge in [0.15, 0.2) is 0 Å². The van der Waals surface area contributed by atoms with Crippen LogP contribution in [-0.2, 0) is 14.8 Å². The van der Waals surface area contributed by atoms with Crippen LogP contribution in [0.15, 0.2) is 47.8 Å². The van der Waals surface area contributed by atoms with Gasteiger partial charge in [0.2, 0.25) is 10.0 Å². The van der Waals surface area contributed by atoms with E-state index in [1.165, 1.54) is 6.20 Å². The number of rotatable bonds is 8. The van der Waals surface area contributed by atoms with E-state index in [1.54, 1.807) is 51.4 Å². The summed E-state index contributed by atoms with van der Waals surface area (Å²) in [4.78, 5) is 34.9. The number of alkyl carbamates (subject to hydrolysis) is 1. The van der Waals surface area contributed by atoms with Crippen LogP contribution in [0.5, 0.6) is 0 Å². The zero-order chi connectivity index (χ0) is 29.5. The van der Waals surface area contributed by atoms with Crippen molar-refractivity contribution in [3.05, 3.63) is 65.2 Å². The molecule has 10 nitrogen and oxygen atoms in total. The van der Waals surface area contributed by atoms with Gasteiger partial charge < -0.3 is 15.4 Å². The highest BCUT2D eigenvalue weighted by Crippen LogP contribution is 2.47. The molecule has 5 rings (SSSR count). The molecule has 0 radical (unpaired) electrons. The molecular weight excluding hydrogens is 542 g/mol. The topological polar surface area (TPSA) is 139 Å². The van der Waals surface area contributed by atoms with Gasteiger partial charge in [-0.3, -0.25) is 14.8 Å². The summed E-state index contributed by atoms with van der Waals surface area (Å²) in [7, 11) is -3.91. The van der Waals surface area contributed by atoms with Crippen molar-refractivity contribution in [2.24, 2.45) is 5.92 Å². The van der Waals surface area contributed by atoms with E-state index in [9.17, 15) is 18.0 Å². The fourth-order valence-electron chi connectivity index (χ4n) is 5.14.